The standard InChI is InChI=1S/C26H24N4O9S/c1-5-38-19-10-15(9-18(23(19)31)30(36)37)11-20-24(32)28-22(16-8-7-13(3)17(12-16)29(34)35)21(25(33)39-6-2)14(4)27-26(28)40-20/h7-12,22,31H,5-6H2,1-4H3/b20-11+/t22-/m0/s1. The lowest BCUT2D eigenvalue weighted by Gasteiger charge is -2.24. The van der Waals surface area contributed by atoms with Crippen LogP contribution in [0.1, 0.15) is 43.5 Å². The van der Waals surface area contributed by atoms with Crippen molar-refractivity contribution in [1.82, 2.24) is 4.57 Å². The van der Waals surface area contributed by atoms with Crippen molar-refractivity contribution in [2.24, 2.45) is 4.99 Å². The number of phenols is 1. The number of aromatic hydroxyl groups is 1. The summed E-state index contributed by atoms with van der Waals surface area (Å²) in [5, 5.41) is 33.4. The van der Waals surface area contributed by atoms with Crippen molar-refractivity contribution in [1.29, 1.82) is 0 Å². The number of aromatic nitrogens is 1. The zero-order valence-electron chi connectivity index (χ0n) is 21.9. The average molecular weight is 569 g/mol. The predicted octanol–water partition coefficient (Wildman–Crippen LogP) is 3.03. The highest BCUT2D eigenvalue weighted by molar-refractivity contribution is 7.07. The number of benzene rings is 2. The quantitative estimate of drug-likeness (QED) is 0.243. The fourth-order valence-electron chi connectivity index (χ4n) is 4.35. The number of rotatable bonds is 8. The monoisotopic (exact) mass is 568 g/mol. The first-order valence-electron chi connectivity index (χ1n) is 12.1. The molecule has 1 aliphatic heterocycles. The lowest BCUT2D eigenvalue weighted by atomic mass is 9.94. The first kappa shape index (κ1) is 28.2. The second-order valence-electron chi connectivity index (χ2n) is 8.68. The van der Waals surface area contributed by atoms with E-state index in [1.807, 2.05) is 0 Å². The maximum absolute atomic E-state index is 13.8. The minimum Gasteiger partial charge on any atom is -0.500 e. The SMILES string of the molecule is CCOC(=O)C1=C(C)N=c2s/c(=C/c3cc(OCC)c(O)c([N+](=O)[O-])c3)c(=O)n2[C@H]1c1ccc(C)c([N+](=O)[O-])c1. The van der Waals surface area contributed by atoms with Gasteiger partial charge in [0, 0.05) is 17.7 Å². The van der Waals surface area contributed by atoms with E-state index in [1.54, 1.807) is 33.8 Å². The Morgan fingerprint density at radius 2 is 1.82 bits per heavy atom. The topological polar surface area (TPSA) is 176 Å². The van der Waals surface area contributed by atoms with Crippen LogP contribution >= 0.6 is 11.3 Å². The van der Waals surface area contributed by atoms with Crippen LogP contribution in [0.2, 0.25) is 0 Å². The van der Waals surface area contributed by atoms with Crippen LogP contribution in [0.25, 0.3) is 6.08 Å². The molecule has 208 valence electrons. The summed E-state index contributed by atoms with van der Waals surface area (Å²) in [4.78, 5) is 53.3. The zero-order chi connectivity index (χ0) is 29.3. The number of nitro benzene ring substituents is 2. The molecule has 14 heteroatoms. The number of aryl methyl sites for hydroxylation is 1. The summed E-state index contributed by atoms with van der Waals surface area (Å²) in [5.41, 5.74) is -0.120. The number of phenolic OH excluding ortho intramolecular Hbond substituents is 1. The third kappa shape index (κ3) is 5.08. The molecule has 0 radical (unpaired) electrons. The summed E-state index contributed by atoms with van der Waals surface area (Å²) in [5.74, 6) is -1.48. The minimum atomic E-state index is -1.08. The molecule has 0 spiro atoms. The smallest absolute Gasteiger partial charge is 0.338 e. The van der Waals surface area contributed by atoms with E-state index in [2.05, 4.69) is 4.99 Å². The highest BCUT2D eigenvalue weighted by Crippen LogP contribution is 2.37. The molecular formula is C26H24N4O9S. The van der Waals surface area contributed by atoms with Crippen molar-refractivity contribution in [2.45, 2.75) is 33.7 Å². The van der Waals surface area contributed by atoms with E-state index < -0.39 is 38.9 Å². The molecule has 0 amide bonds. The molecule has 0 saturated heterocycles. The molecule has 40 heavy (non-hydrogen) atoms. The van der Waals surface area contributed by atoms with E-state index >= 15 is 0 Å². The maximum atomic E-state index is 13.8. The lowest BCUT2D eigenvalue weighted by Crippen LogP contribution is -2.40. The molecule has 2 aromatic carbocycles. The van der Waals surface area contributed by atoms with E-state index in [4.69, 9.17) is 9.47 Å². The van der Waals surface area contributed by atoms with Crippen molar-refractivity contribution in [2.75, 3.05) is 13.2 Å². The van der Waals surface area contributed by atoms with Crippen LogP contribution in [-0.2, 0) is 9.53 Å². The Morgan fingerprint density at radius 3 is 2.45 bits per heavy atom. The molecule has 0 bridgehead atoms. The number of allylic oxidation sites excluding steroid dienone is 1. The molecule has 1 atom stereocenters. The minimum absolute atomic E-state index is 0.0536. The van der Waals surface area contributed by atoms with Crippen LogP contribution in [0, 0.1) is 27.2 Å². The van der Waals surface area contributed by atoms with Gasteiger partial charge >= 0.3 is 11.7 Å². The second-order valence-corrected chi connectivity index (χ2v) is 9.69. The molecule has 0 fully saturated rings. The van der Waals surface area contributed by atoms with E-state index in [0.29, 0.717) is 11.1 Å². The van der Waals surface area contributed by atoms with Gasteiger partial charge in [-0.25, -0.2) is 9.79 Å². The maximum Gasteiger partial charge on any atom is 0.338 e. The van der Waals surface area contributed by atoms with E-state index in [0.717, 1.165) is 17.4 Å². The number of carbonyl (C=O) groups excluding carboxylic acids is 1. The predicted molar refractivity (Wildman–Crippen MR) is 144 cm³/mol. The van der Waals surface area contributed by atoms with Crippen molar-refractivity contribution in [3.05, 3.63) is 98.2 Å². The van der Waals surface area contributed by atoms with E-state index in [1.165, 1.54) is 28.8 Å². The van der Waals surface area contributed by atoms with Gasteiger partial charge in [-0.15, -0.1) is 0 Å². The molecule has 0 aliphatic carbocycles. The first-order valence-corrected chi connectivity index (χ1v) is 12.9. The molecule has 0 saturated carbocycles. The molecule has 1 aliphatic rings. The summed E-state index contributed by atoms with van der Waals surface area (Å²) in [7, 11) is 0. The Morgan fingerprint density at radius 1 is 1.12 bits per heavy atom. The zero-order valence-corrected chi connectivity index (χ0v) is 22.7. The molecule has 13 nitrogen and oxygen atoms in total. The Kier molecular flexibility index (Phi) is 7.81. The number of nitro groups is 2. The molecule has 3 aromatic rings. The second kappa shape index (κ2) is 11.1. The Bertz CT molecular complexity index is 1770. The normalized spacial score (nSPS) is 14.9. The Labute approximate surface area is 230 Å². The molecule has 1 aromatic heterocycles. The summed E-state index contributed by atoms with van der Waals surface area (Å²) >= 11 is 0.972. The largest absolute Gasteiger partial charge is 0.500 e. The van der Waals surface area contributed by atoms with Crippen molar-refractivity contribution < 1.29 is 29.2 Å². The summed E-state index contributed by atoms with van der Waals surface area (Å²) in [6.07, 6.45) is 1.39. The Hall–Kier alpha value is -4.85. The lowest BCUT2D eigenvalue weighted by molar-refractivity contribution is -0.386. The van der Waals surface area contributed by atoms with Crippen molar-refractivity contribution in [3.63, 3.8) is 0 Å². The van der Waals surface area contributed by atoms with Crippen molar-refractivity contribution in [3.8, 4) is 11.5 Å². The molecule has 1 N–H and O–H groups in total. The summed E-state index contributed by atoms with van der Waals surface area (Å²) in [6.45, 7) is 6.62. The first-order chi connectivity index (χ1) is 19.0. The van der Waals surface area contributed by atoms with Crippen LogP contribution in [-0.4, -0.2) is 38.7 Å². The van der Waals surface area contributed by atoms with Gasteiger partial charge in [-0.05, 0) is 51.0 Å². The highest BCUT2D eigenvalue weighted by atomic mass is 32.1. The van der Waals surface area contributed by atoms with Crippen LogP contribution < -0.4 is 19.6 Å². The van der Waals surface area contributed by atoms with Gasteiger partial charge in [0.1, 0.15) is 0 Å². The number of esters is 1. The Balaban J connectivity index is 1.99. The van der Waals surface area contributed by atoms with Gasteiger partial charge in [0.25, 0.3) is 11.2 Å². The fraction of sp³-hybridized carbons (Fsp3) is 0.269. The van der Waals surface area contributed by atoms with Gasteiger partial charge in [-0.1, -0.05) is 23.5 Å². The number of carbonyl (C=O) groups is 1. The van der Waals surface area contributed by atoms with Gasteiger partial charge in [0.2, 0.25) is 5.75 Å². The van der Waals surface area contributed by atoms with Gasteiger partial charge in [0.05, 0.1) is 44.9 Å². The third-order valence-electron chi connectivity index (χ3n) is 6.13. The van der Waals surface area contributed by atoms with Crippen molar-refractivity contribution >= 4 is 34.8 Å². The van der Waals surface area contributed by atoms with Crippen LogP contribution in [0.5, 0.6) is 11.5 Å². The summed E-state index contributed by atoms with van der Waals surface area (Å²) < 4.78 is 11.9. The van der Waals surface area contributed by atoms with Gasteiger partial charge in [0.15, 0.2) is 10.6 Å². The van der Waals surface area contributed by atoms with Gasteiger partial charge < -0.3 is 14.6 Å². The van der Waals surface area contributed by atoms with Crippen LogP contribution in [0.3, 0.4) is 0 Å². The van der Waals surface area contributed by atoms with Gasteiger partial charge in [-0.2, -0.15) is 0 Å². The van der Waals surface area contributed by atoms with Crippen LogP contribution in [0.15, 0.2) is 51.4 Å². The molecule has 4 rings (SSSR count). The number of fused-ring (bicyclic) bond motifs is 1. The summed E-state index contributed by atoms with van der Waals surface area (Å²) in [6, 6.07) is 5.83. The third-order valence-corrected chi connectivity index (χ3v) is 7.12. The van der Waals surface area contributed by atoms with E-state index in [-0.39, 0.29) is 50.8 Å². The number of thiazole rings is 1. The average Bonchev–Trinajstić information content (AvgIpc) is 3.19. The molecular weight excluding hydrogens is 544 g/mol. The molecule has 0 unspecified atom stereocenters. The number of hydrogen-bond donors (Lipinski definition) is 1. The fourth-order valence-corrected chi connectivity index (χ4v) is 5.40. The van der Waals surface area contributed by atoms with Crippen LogP contribution in [0.4, 0.5) is 11.4 Å². The number of ether oxygens (including phenoxy) is 2. The number of hydrogen-bond acceptors (Lipinski definition) is 11. The van der Waals surface area contributed by atoms with E-state index in [9.17, 15) is 34.9 Å². The number of nitrogens with zero attached hydrogens (tertiary/aromatic N) is 4. The van der Waals surface area contributed by atoms with Gasteiger partial charge in [-0.3, -0.25) is 29.6 Å². The molecule has 2 heterocycles. The highest BCUT2D eigenvalue weighted by Gasteiger charge is 2.34.